The summed E-state index contributed by atoms with van der Waals surface area (Å²) in [4.78, 5) is 4.41. The Morgan fingerprint density at radius 2 is 1.85 bits per heavy atom. The van der Waals surface area contributed by atoms with Crippen LogP contribution in [0.25, 0.3) is 0 Å². The molecule has 20 heavy (non-hydrogen) atoms. The Bertz CT molecular complexity index is 490. The molecule has 0 aromatic heterocycles. The number of benzene rings is 1. The second kappa shape index (κ2) is 7.40. The molecule has 1 aliphatic rings. The highest BCUT2D eigenvalue weighted by molar-refractivity contribution is 6.38. The van der Waals surface area contributed by atoms with Crippen LogP contribution in [-0.4, -0.2) is 66.5 Å². The van der Waals surface area contributed by atoms with Crippen molar-refractivity contribution in [2.24, 2.45) is 15.4 Å². The maximum atomic E-state index is 8.70. The molecular formula is C14H19N5O. The molecule has 1 saturated heterocycles. The summed E-state index contributed by atoms with van der Waals surface area (Å²) in [6, 6.07) is 9.52. The lowest BCUT2D eigenvalue weighted by Gasteiger charge is -2.30. The predicted molar refractivity (Wildman–Crippen MR) is 80.8 cm³/mol. The molecule has 0 bridgehead atoms. The van der Waals surface area contributed by atoms with Gasteiger partial charge in [0.25, 0.3) is 0 Å². The highest BCUT2D eigenvalue weighted by Gasteiger charge is 2.10. The molecule has 0 spiro atoms. The van der Waals surface area contributed by atoms with Crippen molar-refractivity contribution in [2.75, 3.05) is 33.2 Å². The van der Waals surface area contributed by atoms with Gasteiger partial charge >= 0.3 is 0 Å². The molecule has 106 valence electrons. The van der Waals surface area contributed by atoms with Crippen molar-refractivity contribution in [3.05, 3.63) is 35.9 Å². The van der Waals surface area contributed by atoms with Gasteiger partial charge in [-0.2, -0.15) is 0 Å². The minimum absolute atomic E-state index is 0.526. The lowest BCUT2D eigenvalue weighted by atomic mass is 10.1. The van der Waals surface area contributed by atoms with Crippen LogP contribution in [0.5, 0.6) is 0 Å². The summed E-state index contributed by atoms with van der Waals surface area (Å²) in [7, 11) is 2.11. The van der Waals surface area contributed by atoms with Crippen molar-refractivity contribution >= 4 is 18.3 Å². The molecule has 0 unspecified atom stereocenters. The normalized spacial score (nSPS) is 18.2. The summed E-state index contributed by atoms with van der Waals surface area (Å²) in [6.07, 6.45) is 3.03. The smallest absolute Gasteiger partial charge is 0.115 e. The van der Waals surface area contributed by atoms with Crippen LogP contribution in [-0.2, 0) is 0 Å². The van der Waals surface area contributed by atoms with E-state index in [-0.39, 0.29) is 0 Å². The molecule has 1 aromatic rings. The van der Waals surface area contributed by atoms with E-state index in [0.29, 0.717) is 5.71 Å². The van der Waals surface area contributed by atoms with E-state index in [9.17, 15) is 0 Å². The zero-order chi connectivity index (χ0) is 14.2. The van der Waals surface area contributed by atoms with E-state index in [1.54, 1.807) is 6.34 Å². The summed E-state index contributed by atoms with van der Waals surface area (Å²) in [6.45, 7) is 3.95. The third kappa shape index (κ3) is 4.17. The molecule has 0 amide bonds. The maximum Gasteiger partial charge on any atom is 0.115 e. The highest BCUT2D eigenvalue weighted by atomic mass is 16.4. The van der Waals surface area contributed by atoms with E-state index in [1.807, 2.05) is 30.3 Å². The van der Waals surface area contributed by atoms with Gasteiger partial charge in [-0.25, -0.2) is 0 Å². The number of piperazine rings is 1. The fourth-order valence-corrected chi connectivity index (χ4v) is 1.92. The van der Waals surface area contributed by atoms with Crippen LogP contribution in [0.4, 0.5) is 0 Å². The second-order valence-corrected chi connectivity index (χ2v) is 4.67. The number of rotatable bonds is 4. The minimum atomic E-state index is 0.526. The number of hydrogen-bond acceptors (Lipinski definition) is 5. The zero-order valence-corrected chi connectivity index (χ0v) is 11.6. The van der Waals surface area contributed by atoms with Gasteiger partial charge in [-0.3, -0.25) is 0 Å². The molecule has 0 radical (unpaired) electrons. The third-order valence-electron chi connectivity index (χ3n) is 3.17. The Hall–Kier alpha value is -2.21. The topological polar surface area (TPSA) is 63.8 Å². The number of nitrogens with zero attached hydrogens (tertiary/aromatic N) is 5. The third-order valence-corrected chi connectivity index (χ3v) is 3.17. The Kier molecular flexibility index (Phi) is 5.25. The van der Waals surface area contributed by atoms with Gasteiger partial charge in [-0.15, -0.1) is 10.2 Å². The summed E-state index contributed by atoms with van der Waals surface area (Å²) < 4.78 is 0. The van der Waals surface area contributed by atoms with Gasteiger partial charge in [0.1, 0.15) is 12.1 Å². The molecule has 1 aliphatic heterocycles. The molecule has 0 saturated carbocycles. The van der Waals surface area contributed by atoms with Gasteiger partial charge < -0.3 is 15.0 Å². The van der Waals surface area contributed by atoms with Crippen molar-refractivity contribution in [3.63, 3.8) is 0 Å². The molecule has 1 N–H and O–H groups in total. The summed E-state index contributed by atoms with van der Waals surface area (Å²) >= 11 is 0. The molecule has 2 rings (SSSR count). The average Bonchev–Trinajstić information content (AvgIpc) is 2.49. The summed E-state index contributed by atoms with van der Waals surface area (Å²) in [5.41, 5.74) is 1.39. The van der Waals surface area contributed by atoms with Crippen molar-refractivity contribution in [2.45, 2.75) is 0 Å². The number of oxime groups is 1. The molecule has 0 atom stereocenters. The number of hydrogen-bond donors (Lipinski definition) is 1. The van der Waals surface area contributed by atoms with Crippen molar-refractivity contribution in [3.8, 4) is 0 Å². The Balaban J connectivity index is 2.03. The average molecular weight is 273 g/mol. The monoisotopic (exact) mass is 273 g/mol. The van der Waals surface area contributed by atoms with Crippen molar-refractivity contribution in [1.29, 1.82) is 0 Å². The zero-order valence-electron chi connectivity index (χ0n) is 11.6. The van der Waals surface area contributed by atoms with Gasteiger partial charge in [0.2, 0.25) is 0 Å². The van der Waals surface area contributed by atoms with E-state index in [1.165, 1.54) is 6.21 Å². The van der Waals surface area contributed by atoms with Crippen LogP contribution in [0.2, 0.25) is 0 Å². The lowest BCUT2D eigenvalue weighted by molar-refractivity contribution is 0.219. The van der Waals surface area contributed by atoms with E-state index < -0.39 is 0 Å². The number of likely N-dealkylation sites (N-methyl/N-ethyl adjacent to an activating group) is 1. The van der Waals surface area contributed by atoms with Crippen LogP contribution < -0.4 is 0 Å². The maximum absolute atomic E-state index is 8.70. The van der Waals surface area contributed by atoms with Crippen LogP contribution in [0.1, 0.15) is 5.56 Å². The fourth-order valence-electron chi connectivity index (χ4n) is 1.92. The predicted octanol–water partition coefficient (Wildman–Crippen LogP) is 1.13. The second-order valence-electron chi connectivity index (χ2n) is 4.67. The van der Waals surface area contributed by atoms with Gasteiger partial charge in [-0.05, 0) is 7.05 Å². The van der Waals surface area contributed by atoms with Gasteiger partial charge in [0.05, 0.1) is 6.21 Å². The molecule has 1 aromatic carbocycles. The minimum Gasteiger partial charge on any atom is -0.411 e. The molecule has 1 fully saturated rings. The van der Waals surface area contributed by atoms with E-state index in [0.717, 1.165) is 31.7 Å². The molecule has 6 nitrogen and oxygen atoms in total. The lowest BCUT2D eigenvalue weighted by Crippen LogP contribution is -2.43. The SMILES string of the molecule is CN1CCN(/C=N/N=C(\C=N\O)c2ccccc2)CC1. The van der Waals surface area contributed by atoms with Crippen LogP contribution in [0, 0.1) is 0 Å². The van der Waals surface area contributed by atoms with E-state index in [4.69, 9.17) is 5.21 Å². The van der Waals surface area contributed by atoms with Crippen molar-refractivity contribution in [1.82, 2.24) is 9.80 Å². The van der Waals surface area contributed by atoms with Crippen molar-refractivity contribution < 1.29 is 5.21 Å². The Morgan fingerprint density at radius 1 is 1.15 bits per heavy atom. The van der Waals surface area contributed by atoms with Crippen LogP contribution >= 0.6 is 0 Å². The largest absolute Gasteiger partial charge is 0.411 e. The van der Waals surface area contributed by atoms with E-state index in [2.05, 4.69) is 32.2 Å². The van der Waals surface area contributed by atoms with Gasteiger partial charge in [0, 0.05) is 31.7 Å². The quantitative estimate of drug-likeness (QED) is 0.387. The molecule has 0 aliphatic carbocycles. The summed E-state index contributed by atoms with van der Waals surface area (Å²) in [5, 5.41) is 19.9. The first-order valence-electron chi connectivity index (χ1n) is 6.56. The first-order valence-corrected chi connectivity index (χ1v) is 6.56. The standard InChI is InChI=1S/C14H19N5O/c1-18-7-9-19(10-8-18)12-15-17-14(11-16-20)13-5-3-2-4-6-13/h2-6,11-12,20H,7-10H2,1H3/b15-12+,16-11+,17-14+. The van der Waals surface area contributed by atoms with Gasteiger partial charge in [0.15, 0.2) is 0 Å². The molecule has 6 heteroatoms. The fraction of sp³-hybridized carbons (Fsp3) is 0.357. The van der Waals surface area contributed by atoms with Gasteiger partial charge in [-0.1, -0.05) is 35.5 Å². The van der Waals surface area contributed by atoms with Crippen LogP contribution in [0.15, 0.2) is 45.7 Å². The van der Waals surface area contributed by atoms with E-state index >= 15 is 0 Å². The Morgan fingerprint density at radius 3 is 2.50 bits per heavy atom. The Labute approximate surface area is 118 Å². The summed E-state index contributed by atoms with van der Waals surface area (Å²) in [5.74, 6) is 0. The first-order chi connectivity index (χ1) is 9.79. The first kappa shape index (κ1) is 14.2. The molecular weight excluding hydrogens is 254 g/mol. The highest BCUT2D eigenvalue weighted by Crippen LogP contribution is 2.01. The van der Waals surface area contributed by atoms with Crippen LogP contribution in [0.3, 0.4) is 0 Å². The molecule has 1 heterocycles.